The van der Waals surface area contributed by atoms with E-state index in [2.05, 4.69) is 20.8 Å². The van der Waals surface area contributed by atoms with Crippen molar-refractivity contribution in [3.63, 3.8) is 0 Å². The van der Waals surface area contributed by atoms with E-state index < -0.39 is 0 Å². The first-order chi connectivity index (χ1) is 12.1. The Morgan fingerprint density at radius 2 is 2.04 bits per heavy atom. The Kier molecular flexibility index (Phi) is 3.96. The van der Waals surface area contributed by atoms with Gasteiger partial charge in [-0.25, -0.2) is 0 Å². The molecule has 3 atom stereocenters. The quantitative estimate of drug-likeness (QED) is 0.796. The monoisotopic (exact) mass is 342 g/mol. The van der Waals surface area contributed by atoms with Gasteiger partial charge in [0, 0.05) is 30.6 Å². The van der Waals surface area contributed by atoms with E-state index in [1.54, 1.807) is 24.3 Å². The zero-order valence-electron chi connectivity index (χ0n) is 13.7. The molecule has 3 heterocycles. The van der Waals surface area contributed by atoms with Gasteiger partial charge in [-0.15, -0.1) is 5.10 Å². The molecular weight excluding hydrogens is 324 g/mol. The van der Waals surface area contributed by atoms with Crippen LogP contribution in [-0.4, -0.2) is 40.0 Å². The average Bonchev–Trinajstić information content (AvgIpc) is 3.32. The normalized spacial score (nSPS) is 24.3. The topological polar surface area (TPSA) is 106 Å². The molecule has 25 heavy (non-hydrogen) atoms. The van der Waals surface area contributed by atoms with Gasteiger partial charge in [-0.05, 0) is 43.5 Å². The standard InChI is InChI=1S/C17H18N4O4/c1-9(22)16-20-21-17(25-16)24-12-5-2-10(3-6-12)15(23)19-14-8-11-4-7-13(14)18-11/h2-3,5-6,11,13-14,18H,4,7-8H2,1H3,(H,19,23)/t11-,13+,14-/m1/s1. The lowest BCUT2D eigenvalue weighted by Gasteiger charge is -2.21. The summed E-state index contributed by atoms with van der Waals surface area (Å²) in [4.78, 5) is 23.5. The first-order valence-electron chi connectivity index (χ1n) is 8.28. The van der Waals surface area contributed by atoms with E-state index in [1.165, 1.54) is 13.3 Å². The van der Waals surface area contributed by atoms with Crippen molar-refractivity contribution in [3.05, 3.63) is 35.7 Å². The second kappa shape index (κ2) is 6.29. The van der Waals surface area contributed by atoms with Crippen LogP contribution in [0.4, 0.5) is 0 Å². The summed E-state index contributed by atoms with van der Waals surface area (Å²) in [5.74, 6) is -0.0885. The van der Waals surface area contributed by atoms with E-state index in [9.17, 15) is 9.59 Å². The molecule has 0 aliphatic carbocycles. The second-order valence-electron chi connectivity index (χ2n) is 6.42. The van der Waals surface area contributed by atoms with Crippen LogP contribution in [0.15, 0.2) is 28.7 Å². The van der Waals surface area contributed by atoms with Gasteiger partial charge in [-0.3, -0.25) is 9.59 Å². The predicted molar refractivity (Wildman–Crippen MR) is 86.6 cm³/mol. The zero-order chi connectivity index (χ0) is 17.4. The van der Waals surface area contributed by atoms with Crippen molar-refractivity contribution in [1.29, 1.82) is 0 Å². The van der Waals surface area contributed by atoms with Gasteiger partial charge in [0.15, 0.2) is 0 Å². The number of hydrogen-bond donors (Lipinski definition) is 2. The van der Waals surface area contributed by atoms with Crippen LogP contribution in [-0.2, 0) is 0 Å². The first kappa shape index (κ1) is 15.8. The number of rotatable bonds is 5. The van der Waals surface area contributed by atoms with Gasteiger partial charge in [0.1, 0.15) is 5.75 Å². The molecular formula is C17H18N4O4. The number of ether oxygens (including phenoxy) is 1. The average molecular weight is 342 g/mol. The van der Waals surface area contributed by atoms with Gasteiger partial charge >= 0.3 is 6.08 Å². The van der Waals surface area contributed by atoms with Crippen LogP contribution < -0.4 is 15.4 Å². The summed E-state index contributed by atoms with van der Waals surface area (Å²) >= 11 is 0. The van der Waals surface area contributed by atoms with Gasteiger partial charge in [-0.2, -0.15) is 0 Å². The number of fused-ring (bicyclic) bond motifs is 2. The number of aromatic nitrogens is 2. The Labute approximate surface area is 143 Å². The number of amides is 1. The molecule has 4 rings (SSSR count). The molecule has 2 saturated heterocycles. The molecule has 0 spiro atoms. The number of ketones is 1. The van der Waals surface area contributed by atoms with Crippen molar-refractivity contribution in [2.45, 2.75) is 44.3 Å². The highest BCUT2D eigenvalue weighted by Crippen LogP contribution is 2.28. The van der Waals surface area contributed by atoms with Crippen LogP contribution in [0.3, 0.4) is 0 Å². The Hall–Kier alpha value is -2.74. The van der Waals surface area contributed by atoms with Crippen LogP contribution in [0, 0.1) is 0 Å². The molecule has 0 unspecified atom stereocenters. The highest BCUT2D eigenvalue weighted by molar-refractivity contribution is 5.94. The fourth-order valence-corrected chi connectivity index (χ4v) is 3.40. The van der Waals surface area contributed by atoms with Crippen molar-refractivity contribution in [2.24, 2.45) is 0 Å². The first-order valence-corrected chi connectivity index (χ1v) is 8.28. The number of benzene rings is 1. The van der Waals surface area contributed by atoms with Gasteiger partial charge in [0.25, 0.3) is 11.8 Å². The Morgan fingerprint density at radius 3 is 2.64 bits per heavy atom. The molecule has 2 fully saturated rings. The van der Waals surface area contributed by atoms with Crippen LogP contribution >= 0.6 is 0 Å². The van der Waals surface area contributed by atoms with E-state index in [1.807, 2.05) is 0 Å². The lowest BCUT2D eigenvalue weighted by Crippen LogP contribution is -2.42. The van der Waals surface area contributed by atoms with Crippen molar-refractivity contribution in [3.8, 4) is 11.8 Å². The van der Waals surface area contributed by atoms with Gasteiger partial charge in [-0.1, -0.05) is 5.10 Å². The summed E-state index contributed by atoms with van der Waals surface area (Å²) in [6.45, 7) is 1.33. The van der Waals surface area contributed by atoms with Crippen molar-refractivity contribution in [1.82, 2.24) is 20.8 Å². The highest BCUT2D eigenvalue weighted by atomic mass is 16.6. The van der Waals surface area contributed by atoms with E-state index in [0.717, 1.165) is 12.8 Å². The van der Waals surface area contributed by atoms with Gasteiger partial charge < -0.3 is 19.8 Å². The molecule has 8 heteroatoms. The summed E-state index contributed by atoms with van der Waals surface area (Å²) in [6.07, 6.45) is 3.20. The lowest BCUT2D eigenvalue weighted by molar-refractivity contribution is 0.0929. The fraction of sp³-hybridized carbons (Fsp3) is 0.412. The Bertz CT molecular complexity index is 801. The highest BCUT2D eigenvalue weighted by Gasteiger charge is 2.39. The van der Waals surface area contributed by atoms with E-state index >= 15 is 0 Å². The SMILES string of the molecule is CC(=O)c1nnc(Oc2ccc(C(=O)N[C@@H]3C[C@H]4CC[C@@H]3N4)cc2)o1. The molecule has 1 aromatic carbocycles. The predicted octanol–water partition coefficient (Wildman–Crippen LogP) is 1.69. The summed E-state index contributed by atoms with van der Waals surface area (Å²) in [5.41, 5.74) is 0.560. The van der Waals surface area contributed by atoms with Gasteiger partial charge in [0.2, 0.25) is 5.78 Å². The van der Waals surface area contributed by atoms with E-state index in [4.69, 9.17) is 9.15 Å². The van der Waals surface area contributed by atoms with Crippen molar-refractivity contribution >= 4 is 11.7 Å². The van der Waals surface area contributed by atoms with E-state index in [0.29, 0.717) is 23.4 Å². The molecule has 0 saturated carbocycles. The maximum absolute atomic E-state index is 12.4. The van der Waals surface area contributed by atoms with Gasteiger partial charge in [0.05, 0.1) is 0 Å². The zero-order valence-corrected chi connectivity index (χ0v) is 13.7. The Morgan fingerprint density at radius 1 is 1.24 bits per heavy atom. The van der Waals surface area contributed by atoms with Crippen molar-refractivity contribution in [2.75, 3.05) is 0 Å². The maximum atomic E-state index is 12.4. The molecule has 2 bridgehead atoms. The largest absolute Gasteiger partial charge is 0.420 e. The summed E-state index contributed by atoms with van der Waals surface area (Å²) < 4.78 is 10.4. The second-order valence-corrected chi connectivity index (χ2v) is 6.42. The molecule has 2 aliphatic rings. The molecule has 1 amide bonds. The number of nitrogens with one attached hydrogen (secondary N) is 2. The molecule has 2 aromatic rings. The number of carbonyl (C=O) groups is 2. The minimum absolute atomic E-state index is 0.0949. The molecule has 2 aliphatic heterocycles. The minimum atomic E-state index is -0.329. The third kappa shape index (κ3) is 3.25. The number of hydrogen-bond acceptors (Lipinski definition) is 7. The molecule has 130 valence electrons. The number of carbonyl (C=O) groups excluding carboxylic acids is 2. The smallest absolute Gasteiger partial charge is 0.410 e. The summed E-state index contributed by atoms with van der Waals surface area (Å²) in [6, 6.07) is 7.77. The van der Waals surface area contributed by atoms with Crippen LogP contribution in [0.25, 0.3) is 0 Å². The summed E-state index contributed by atoms with van der Waals surface area (Å²) in [7, 11) is 0. The van der Waals surface area contributed by atoms with Crippen LogP contribution in [0.1, 0.15) is 47.2 Å². The van der Waals surface area contributed by atoms with Crippen molar-refractivity contribution < 1.29 is 18.7 Å². The molecule has 8 nitrogen and oxygen atoms in total. The molecule has 0 radical (unpaired) electrons. The number of nitrogens with zero attached hydrogens (tertiary/aromatic N) is 2. The van der Waals surface area contributed by atoms with Crippen LogP contribution in [0.2, 0.25) is 0 Å². The minimum Gasteiger partial charge on any atom is -0.410 e. The molecule has 1 aromatic heterocycles. The molecule has 2 N–H and O–H groups in total. The Balaban J connectivity index is 1.37. The third-order valence-electron chi connectivity index (χ3n) is 4.65. The number of Topliss-reactive ketones (excluding diaryl/α,β-unsaturated/α-hetero) is 1. The van der Waals surface area contributed by atoms with Crippen LogP contribution in [0.5, 0.6) is 11.8 Å². The lowest BCUT2D eigenvalue weighted by atomic mass is 9.95. The van der Waals surface area contributed by atoms with E-state index in [-0.39, 0.29) is 29.7 Å². The summed E-state index contributed by atoms with van der Waals surface area (Å²) in [5, 5.41) is 13.8. The maximum Gasteiger partial charge on any atom is 0.420 e. The third-order valence-corrected chi connectivity index (χ3v) is 4.65. The fourth-order valence-electron chi connectivity index (χ4n) is 3.40.